The molecule has 0 fully saturated rings. The molecule has 0 aliphatic rings. The van der Waals surface area contributed by atoms with Gasteiger partial charge in [0.05, 0.1) is 12.2 Å². The molecular weight excluding hydrogens is 242 g/mol. The zero-order chi connectivity index (χ0) is 13.7. The monoisotopic (exact) mass is 255 g/mol. The normalized spacial score (nSPS) is 9.89. The van der Waals surface area contributed by atoms with Crippen molar-refractivity contribution in [1.82, 2.24) is 15.1 Å². The Morgan fingerprint density at radius 3 is 2.72 bits per heavy atom. The van der Waals surface area contributed by atoms with Crippen molar-refractivity contribution in [2.45, 2.75) is 6.92 Å². The Labute approximate surface area is 103 Å². The summed E-state index contributed by atoms with van der Waals surface area (Å²) in [6.45, 7) is 1.53. The molecule has 0 aromatic carbocycles. The van der Waals surface area contributed by atoms with Crippen LogP contribution in [-0.4, -0.2) is 45.9 Å². The predicted molar refractivity (Wildman–Crippen MR) is 59.1 cm³/mol. The van der Waals surface area contributed by atoms with E-state index in [2.05, 4.69) is 15.2 Å². The zero-order valence-electron chi connectivity index (χ0n) is 9.97. The second-order valence-corrected chi connectivity index (χ2v) is 3.36. The number of aromatic nitrogens is 2. The summed E-state index contributed by atoms with van der Waals surface area (Å²) in [5.74, 6) is -2.59. The van der Waals surface area contributed by atoms with Gasteiger partial charge in [0.25, 0.3) is 5.91 Å². The highest BCUT2D eigenvalue weighted by Gasteiger charge is 2.21. The maximum atomic E-state index is 11.7. The number of ether oxygens (including phenoxy) is 1. The van der Waals surface area contributed by atoms with Gasteiger partial charge in [-0.3, -0.25) is 14.3 Å². The number of carboxylic acids is 1. The lowest BCUT2D eigenvalue weighted by Gasteiger charge is -2.03. The Morgan fingerprint density at radius 1 is 1.50 bits per heavy atom. The second-order valence-electron chi connectivity index (χ2n) is 3.36. The Balaban J connectivity index is 2.72. The van der Waals surface area contributed by atoms with Crippen LogP contribution in [-0.2, 0) is 16.6 Å². The van der Waals surface area contributed by atoms with Gasteiger partial charge >= 0.3 is 11.9 Å². The molecule has 0 aliphatic heterocycles. The second kappa shape index (κ2) is 5.80. The number of rotatable bonds is 5. The molecule has 1 heterocycles. The average Bonchev–Trinajstić information content (AvgIpc) is 2.69. The van der Waals surface area contributed by atoms with E-state index in [0.29, 0.717) is 0 Å². The van der Waals surface area contributed by atoms with Crippen LogP contribution in [0.4, 0.5) is 0 Å². The minimum absolute atomic E-state index is 0.103. The first-order valence-electron chi connectivity index (χ1n) is 5.16. The number of carbonyl (C=O) groups is 3. The molecule has 1 aromatic rings. The van der Waals surface area contributed by atoms with E-state index in [1.807, 2.05) is 0 Å². The van der Waals surface area contributed by atoms with Gasteiger partial charge in [0.2, 0.25) is 0 Å². The van der Waals surface area contributed by atoms with Gasteiger partial charge in [0, 0.05) is 13.2 Å². The van der Waals surface area contributed by atoms with Crippen molar-refractivity contribution in [3.63, 3.8) is 0 Å². The van der Waals surface area contributed by atoms with Crippen molar-refractivity contribution in [2.24, 2.45) is 7.05 Å². The first-order valence-corrected chi connectivity index (χ1v) is 5.16. The number of aryl methyl sites for hydroxylation is 1. The fourth-order valence-electron chi connectivity index (χ4n) is 1.27. The molecule has 1 aromatic heterocycles. The van der Waals surface area contributed by atoms with E-state index in [1.54, 1.807) is 6.92 Å². The summed E-state index contributed by atoms with van der Waals surface area (Å²) in [4.78, 5) is 33.5. The van der Waals surface area contributed by atoms with Crippen LogP contribution in [0.3, 0.4) is 0 Å². The molecular formula is C10H13N3O5. The Morgan fingerprint density at radius 2 is 2.17 bits per heavy atom. The highest BCUT2D eigenvalue weighted by atomic mass is 16.5. The molecule has 0 radical (unpaired) electrons. The zero-order valence-corrected chi connectivity index (χ0v) is 9.97. The standard InChI is InChI=1S/C10H13N3O5/c1-3-18-7(14)4-11-9(15)6-5-13(2)12-8(6)10(16)17/h5H,3-4H2,1-2H3,(H,11,15)(H,16,17). The van der Waals surface area contributed by atoms with Crippen LogP contribution in [0.5, 0.6) is 0 Å². The molecule has 1 amide bonds. The molecule has 0 saturated heterocycles. The van der Waals surface area contributed by atoms with E-state index in [0.717, 1.165) is 0 Å². The van der Waals surface area contributed by atoms with E-state index in [1.165, 1.54) is 17.9 Å². The van der Waals surface area contributed by atoms with Crippen molar-refractivity contribution >= 4 is 17.8 Å². The van der Waals surface area contributed by atoms with Gasteiger partial charge in [-0.1, -0.05) is 0 Å². The van der Waals surface area contributed by atoms with Crippen LogP contribution >= 0.6 is 0 Å². The Kier molecular flexibility index (Phi) is 4.41. The third-order valence-corrected chi connectivity index (χ3v) is 1.97. The van der Waals surface area contributed by atoms with Gasteiger partial charge in [-0.05, 0) is 6.92 Å². The van der Waals surface area contributed by atoms with Crippen LogP contribution in [0.1, 0.15) is 27.8 Å². The Bertz CT molecular complexity index is 480. The molecule has 0 aliphatic carbocycles. The van der Waals surface area contributed by atoms with E-state index in [-0.39, 0.29) is 24.4 Å². The quantitative estimate of drug-likeness (QED) is 0.680. The summed E-state index contributed by atoms with van der Waals surface area (Å²) in [7, 11) is 1.49. The summed E-state index contributed by atoms with van der Waals surface area (Å²) in [6, 6.07) is 0. The van der Waals surface area contributed by atoms with Crippen LogP contribution in [0.25, 0.3) is 0 Å². The van der Waals surface area contributed by atoms with Gasteiger partial charge in [-0.15, -0.1) is 0 Å². The third kappa shape index (κ3) is 3.30. The van der Waals surface area contributed by atoms with Crippen molar-refractivity contribution in [2.75, 3.05) is 13.2 Å². The molecule has 1 rings (SSSR count). The summed E-state index contributed by atoms with van der Waals surface area (Å²) in [5, 5.41) is 14.7. The van der Waals surface area contributed by atoms with Crippen molar-refractivity contribution in [3.05, 3.63) is 17.5 Å². The minimum atomic E-state index is -1.31. The van der Waals surface area contributed by atoms with Gasteiger partial charge in [-0.25, -0.2) is 4.79 Å². The summed E-state index contributed by atoms with van der Waals surface area (Å²) in [5.41, 5.74) is -0.465. The maximum Gasteiger partial charge on any atom is 0.357 e. The molecule has 0 saturated carbocycles. The Hall–Kier alpha value is -2.38. The SMILES string of the molecule is CCOC(=O)CNC(=O)c1cn(C)nc1C(=O)O. The van der Waals surface area contributed by atoms with Gasteiger partial charge in [0.1, 0.15) is 6.54 Å². The minimum Gasteiger partial charge on any atom is -0.476 e. The molecule has 0 atom stereocenters. The van der Waals surface area contributed by atoms with Gasteiger partial charge in [-0.2, -0.15) is 5.10 Å². The fourth-order valence-corrected chi connectivity index (χ4v) is 1.27. The third-order valence-electron chi connectivity index (χ3n) is 1.97. The number of esters is 1. The molecule has 2 N–H and O–H groups in total. The maximum absolute atomic E-state index is 11.7. The number of hydrogen-bond acceptors (Lipinski definition) is 5. The highest BCUT2D eigenvalue weighted by molar-refractivity contribution is 6.04. The van der Waals surface area contributed by atoms with E-state index in [4.69, 9.17) is 5.11 Å². The predicted octanol–water partition coefficient (Wildman–Crippen LogP) is -0.589. The van der Waals surface area contributed by atoms with E-state index in [9.17, 15) is 14.4 Å². The first-order chi connectivity index (χ1) is 8.45. The number of amides is 1. The summed E-state index contributed by atoms with van der Waals surface area (Å²) in [6.07, 6.45) is 1.27. The number of aromatic carboxylic acids is 1. The smallest absolute Gasteiger partial charge is 0.357 e. The summed E-state index contributed by atoms with van der Waals surface area (Å²) < 4.78 is 5.83. The molecule has 98 valence electrons. The molecule has 18 heavy (non-hydrogen) atoms. The van der Waals surface area contributed by atoms with Crippen molar-refractivity contribution < 1.29 is 24.2 Å². The largest absolute Gasteiger partial charge is 0.476 e. The highest BCUT2D eigenvalue weighted by Crippen LogP contribution is 2.05. The lowest BCUT2D eigenvalue weighted by atomic mass is 10.2. The first kappa shape index (κ1) is 13.7. The van der Waals surface area contributed by atoms with Crippen LogP contribution in [0, 0.1) is 0 Å². The molecule has 0 unspecified atom stereocenters. The van der Waals surface area contributed by atoms with Crippen LogP contribution in [0.15, 0.2) is 6.20 Å². The average molecular weight is 255 g/mol. The van der Waals surface area contributed by atoms with Crippen LogP contribution < -0.4 is 5.32 Å². The summed E-state index contributed by atoms with van der Waals surface area (Å²) >= 11 is 0. The van der Waals surface area contributed by atoms with Crippen molar-refractivity contribution in [1.29, 1.82) is 0 Å². The lowest BCUT2D eigenvalue weighted by molar-refractivity contribution is -0.141. The number of nitrogens with one attached hydrogen (secondary N) is 1. The number of nitrogens with zero attached hydrogens (tertiary/aromatic N) is 2. The van der Waals surface area contributed by atoms with E-state index >= 15 is 0 Å². The molecule has 0 spiro atoms. The fraction of sp³-hybridized carbons (Fsp3) is 0.400. The topological polar surface area (TPSA) is 111 Å². The number of carboxylic acid groups (broad SMARTS) is 1. The lowest BCUT2D eigenvalue weighted by Crippen LogP contribution is -2.31. The van der Waals surface area contributed by atoms with E-state index < -0.39 is 17.8 Å². The van der Waals surface area contributed by atoms with Gasteiger partial charge < -0.3 is 15.2 Å². The van der Waals surface area contributed by atoms with Crippen LogP contribution in [0.2, 0.25) is 0 Å². The number of hydrogen-bond donors (Lipinski definition) is 2. The molecule has 8 heteroatoms. The molecule has 0 bridgehead atoms. The number of carbonyl (C=O) groups excluding carboxylic acids is 2. The van der Waals surface area contributed by atoms with Gasteiger partial charge in [0.15, 0.2) is 5.69 Å². The van der Waals surface area contributed by atoms with Crippen molar-refractivity contribution in [3.8, 4) is 0 Å². The molecule has 8 nitrogen and oxygen atoms in total.